The van der Waals surface area contributed by atoms with Crippen LogP contribution in [0.2, 0.25) is 5.02 Å². The van der Waals surface area contributed by atoms with E-state index in [0.29, 0.717) is 23.2 Å². The van der Waals surface area contributed by atoms with E-state index < -0.39 is 12.4 Å². The number of carbonyl (C=O) groups is 1. The van der Waals surface area contributed by atoms with Crippen LogP contribution in [-0.4, -0.2) is 18.9 Å². The fourth-order valence-corrected chi connectivity index (χ4v) is 3.76. The van der Waals surface area contributed by atoms with E-state index >= 15 is 0 Å². The lowest BCUT2D eigenvalue weighted by Gasteiger charge is -2.29. The molecule has 0 fully saturated rings. The van der Waals surface area contributed by atoms with Crippen LogP contribution < -0.4 is 9.64 Å². The summed E-state index contributed by atoms with van der Waals surface area (Å²) < 4.78 is 10.9. The Kier molecular flexibility index (Phi) is 7.96. The smallest absolute Gasteiger partial charge is 0.410 e. The highest BCUT2D eigenvalue weighted by Gasteiger charge is 2.19. The first kappa shape index (κ1) is 22.7. The largest absolute Gasteiger partial charge is 0.515 e. The quantitative estimate of drug-likeness (QED) is 0.214. The summed E-state index contributed by atoms with van der Waals surface area (Å²) in [6.45, 7) is 6.64. The highest BCUT2D eigenvalue weighted by molar-refractivity contribution is 6.30. The zero-order valence-corrected chi connectivity index (χ0v) is 18.9. The minimum absolute atomic E-state index is 0.360. The maximum atomic E-state index is 12.3. The molecule has 3 rings (SSSR count). The Morgan fingerprint density at radius 2 is 1.68 bits per heavy atom. The second kappa shape index (κ2) is 10.9. The molecule has 4 nitrogen and oxygen atoms in total. The summed E-state index contributed by atoms with van der Waals surface area (Å²) in [5.74, 6) is 0.817. The standard InChI is InChI=1S/C26H28ClNO3/c1-4-28(24-12-8-11-23(27)18-24)20(3)30-26(29)31-25-15-13-22(14-16-25)19(2)17-21-9-6-5-7-10-21/h5-16,18-20H,4,17H2,1-3H3. The van der Waals surface area contributed by atoms with Crippen molar-refractivity contribution < 1.29 is 14.3 Å². The van der Waals surface area contributed by atoms with Gasteiger partial charge in [-0.15, -0.1) is 0 Å². The molecule has 0 aliphatic rings. The number of rotatable bonds is 8. The third-order valence-corrected chi connectivity index (χ3v) is 5.46. The summed E-state index contributed by atoms with van der Waals surface area (Å²) in [6.07, 6.45) is -0.282. The van der Waals surface area contributed by atoms with E-state index in [9.17, 15) is 4.79 Å². The highest BCUT2D eigenvalue weighted by Crippen LogP contribution is 2.24. The molecule has 0 saturated carbocycles. The normalized spacial score (nSPS) is 12.6. The summed E-state index contributed by atoms with van der Waals surface area (Å²) in [5, 5.41) is 0.632. The van der Waals surface area contributed by atoms with E-state index in [0.717, 1.165) is 12.1 Å². The van der Waals surface area contributed by atoms with Gasteiger partial charge in [-0.05, 0) is 67.6 Å². The van der Waals surface area contributed by atoms with E-state index in [1.807, 2.05) is 54.3 Å². The van der Waals surface area contributed by atoms with Gasteiger partial charge in [0.15, 0.2) is 6.23 Å². The van der Waals surface area contributed by atoms with E-state index in [2.05, 4.69) is 31.2 Å². The molecule has 3 aromatic rings. The van der Waals surface area contributed by atoms with Crippen LogP contribution in [0.15, 0.2) is 78.9 Å². The van der Waals surface area contributed by atoms with Crippen molar-refractivity contribution in [1.82, 2.24) is 0 Å². The monoisotopic (exact) mass is 437 g/mol. The Morgan fingerprint density at radius 1 is 0.968 bits per heavy atom. The lowest BCUT2D eigenvalue weighted by atomic mass is 9.94. The van der Waals surface area contributed by atoms with E-state index in [-0.39, 0.29) is 0 Å². The van der Waals surface area contributed by atoms with Gasteiger partial charge in [0.05, 0.1) is 0 Å². The summed E-state index contributed by atoms with van der Waals surface area (Å²) in [4.78, 5) is 14.2. The molecule has 2 atom stereocenters. The van der Waals surface area contributed by atoms with Crippen molar-refractivity contribution in [3.05, 3.63) is 95.0 Å². The van der Waals surface area contributed by atoms with Crippen LogP contribution in [0, 0.1) is 0 Å². The topological polar surface area (TPSA) is 38.8 Å². The Hall–Kier alpha value is -2.98. The van der Waals surface area contributed by atoms with E-state index in [4.69, 9.17) is 21.1 Å². The summed E-state index contributed by atoms with van der Waals surface area (Å²) in [7, 11) is 0. The molecule has 0 radical (unpaired) electrons. The summed E-state index contributed by atoms with van der Waals surface area (Å²) in [5.41, 5.74) is 3.37. The van der Waals surface area contributed by atoms with Crippen molar-refractivity contribution >= 4 is 23.4 Å². The van der Waals surface area contributed by atoms with Gasteiger partial charge >= 0.3 is 6.16 Å². The third kappa shape index (κ3) is 6.50. The number of halogens is 1. The van der Waals surface area contributed by atoms with Crippen LogP contribution in [-0.2, 0) is 11.2 Å². The van der Waals surface area contributed by atoms with Gasteiger partial charge in [0.2, 0.25) is 0 Å². The Labute approximate surface area is 189 Å². The molecular weight excluding hydrogens is 410 g/mol. The van der Waals surface area contributed by atoms with Crippen molar-refractivity contribution in [2.24, 2.45) is 0 Å². The third-order valence-electron chi connectivity index (χ3n) is 5.22. The maximum absolute atomic E-state index is 12.3. The minimum Gasteiger partial charge on any atom is -0.410 e. The molecule has 2 unspecified atom stereocenters. The predicted octanol–water partition coefficient (Wildman–Crippen LogP) is 7.07. The van der Waals surface area contributed by atoms with Gasteiger partial charge < -0.3 is 14.4 Å². The van der Waals surface area contributed by atoms with Crippen molar-refractivity contribution in [2.75, 3.05) is 11.4 Å². The average Bonchev–Trinajstić information content (AvgIpc) is 2.75. The van der Waals surface area contributed by atoms with Gasteiger partial charge in [-0.2, -0.15) is 0 Å². The van der Waals surface area contributed by atoms with Crippen LogP contribution in [0.25, 0.3) is 0 Å². The SMILES string of the molecule is CCN(c1cccc(Cl)c1)C(C)OC(=O)Oc1ccc(C(C)Cc2ccccc2)cc1. The van der Waals surface area contributed by atoms with Gasteiger partial charge in [0.1, 0.15) is 5.75 Å². The number of carbonyl (C=O) groups excluding carboxylic acids is 1. The molecule has 0 bridgehead atoms. The number of anilines is 1. The zero-order valence-electron chi connectivity index (χ0n) is 18.1. The van der Waals surface area contributed by atoms with Crippen LogP contribution in [0.3, 0.4) is 0 Å². The van der Waals surface area contributed by atoms with E-state index in [1.54, 1.807) is 19.1 Å². The molecule has 0 aliphatic heterocycles. The lowest BCUT2D eigenvalue weighted by Crippen LogP contribution is -2.37. The van der Waals surface area contributed by atoms with Crippen molar-refractivity contribution in [3.8, 4) is 5.75 Å². The predicted molar refractivity (Wildman–Crippen MR) is 126 cm³/mol. The van der Waals surface area contributed by atoms with Gasteiger partial charge in [0, 0.05) is 17.3 Å². The molecule has 0 aromatic heterocycles. The van der Waals surface area contributed by atoms with Gasteiger partial charge in [-0.25, -0.2) is 4.79 Å². The molecule has 31 heavy (non-hydrogen) atoms. The minimum atomic E-state index is -0.738. The summed E-state index contributed by atoms with van der Waals surface area (Å²) >= 11 is 6.08. The molecule has 162 valence electrons. The Balaban J connectivity index is 1.56. The van der Waals surface area contributed by atoms with Crippen LogP contribution in [0.1, 0.15) is 37.8 Å². The second-order valence-corrected chi connectivity index (χ2v) is 7.93. The molecule has 0 saturated heterocycles. The van der Waals surface area contributed by atoms with Crippen LogP contribution in [0.5, 0.6) is 5.75 Å². The molecule has 5 heteroatoms. The first-order valence-corrected chi connectivity index (χ1v) is 10.9. The molecule has 0 aliphatic carbocycles. The highest BCUT2D eigenvalue weighted by atomic mass is 35.5. The van der Waals surface area contributed by atoms with Crippen molar-refractivity contribution in [3.63, 3.8) is 0 Å². The molecule has 0 heterocycles. The van der Waals surface area contributed by atoms with Gasteiger partial charge in [0.25, 0.3) is 0 Å². The Bertz CT molecular complexity index is 975. The molecule has 0 N–H and O–H groups in total. The summed E-state index contributed by atoms with van der Waals surface area (Å²) in [6, 6.07) is 25.4. The number of ether oxygens (including phenoxy) is 2. The maximum Gasteiger partial charge on any atom is 0.515 e. The first-order valence-electron chi connectivity index (χ1n) is 10.5. The fourth-order valence-electron chi connectivity index (χ4n) is 3.58. The molecular formula is C26H28ClNO3. The van der Waals surface area contributed by atoms with Gasteiger partial charge in [-0.1, -0.05) is 67.1 Å². The van der Waals surface area contributed by atoms with Crippen LogP contribution >= 0.6 is 11.6 Å². The first-order chi connectivity index (χ1) is 15.0. The number of hydrogen-bond donors (Lipinski definition) is 0. The molecule has 0 amide bonds. The van der Waals surface area contributed by atoms with Crippen molar-refractivity contribution in [1.29, 1.82) is 0 Å². The van der Waals surface area contributed by atoms with Gasteiger partial charge in [-0.3, -0.25) is 0 Å². The number of benzene rings is 3. The van der Waals surface area contributed by atoms with E-state index in [1.165, 1.54) is 11.1 Å². The molecule has 3 aromatic carbocycles. The number of hydrogen-bond acceptors (Lipinski definition) is 4. The second-order valence-electron chi connectivity index (χ2n) is 7.49. The Morgan fingerprint density at radius 3 is 2.32 bits per heavy atom. The zero-order chi connectivity index (χ0) is 22.2. The van der Waals surface area contributed by atoms with Crippen molar-refractivity contribution in [2.45, 2.75) is 39.3 Å². The average molecular weight is 438 g/mol. The molecule has 0 spiro atoms. The number of nitrogens with zero attached hydrogens (tertiary/aromatic N) is 1. The lowest BCUT2D eigenvalue weighted by molar-refractivity contribution is 0.0645. The van der Waals surface area contributed by atoms with Crippen LogP contribution in [0.4, 0.5) is 10.5 Å². The fraction of sp³-hybridized carbons (Fsp3) is 0.269.